The monoisotopic (exact) mass is 252 g/mol. The van der Waals surface area contributed by atoms with Crippen molar-refractivity contribution in [1.29, 1.82) is 0 Å². The molecule has 0 saturated heterocycles. The molecule has 0 amide bonds. The zero-order chi connectivity index (χ0) is 8.36. The van der Waals surface area contributed by atoms with Gasteiger partial charge in [-0.2, -0.15) is 0 Å². The number of rotatable bonds is 8. The van der Waals surface area contributed by atoms with Crippen LogP contribution in [-0.2, 0) is 7.58 Å². The van der Waals surface area contributed by atoms with Crippen molar-refractivity contribution in [3.8, 4) is 0 Å². The molecule has 0 aliphatic rings. The first-order valence-electron chi connectivity index (χ1n) is 4.46. The molecular weight excluding hydrogens is 235 g/mol. The van der Waals surface area contributed by atoms with Crippen molar-refractivity contribution in [2.45, 2.75) is 39.5 Å². The van der Waals surface area contributed by atoms with Crippen LogP contribution in [0.1, 0.15) is 39.5 Å². The molecule has 0 aliphatic carbocycles. The van der Waals surface area contributed by atoms with Gasteiger partial charge in [-0.25, -0.2) is 0 Å². The molecule has 0 atom stereocenters. The van der Waals surface area contributed by atoms with Crippen molar-refractivity contribution in [2.75, 3.05) is 13.2 Å². The van der Waals surface area contributed by atoms with Gasteiger partial charge in [-0.1, -0.05) is 0 Å². The maximum absolute atomic E-state index is 5.28. The minimum Gasteiger partial charge on any atom is -1.00 e. The van der Waals surface area contributed by atoms with Crippen LogP contribution in [0.5, 0.6) is 0 Å². The van der Waals surface area contributed by atoms with Crippen LogP contribution in [-0.4, -0.2) is 29.1 Å². The van der Waals surface area contributed by atoms with E-state index in [2.05, 4.69) is 13.8 Å². The number of hydrogen-bond acceptors (Lipinski definition) is 2. The summed E-state index contributed by atoms with van der Waals surface area (Å²) < 4.78 is 10.6. The molecule has 0 aromatic carbocycles. The molecule has 72 valence electrons. The van der Waals surface area contributed by atoms with Crippen LogP contribution in [0.3, 0.4) is 0 Å². The average Bonchev–Trinajstić information content (AvgIpc) is 2.03. The fourth-order valence-corrected chi connectivity index (χ4v) is 1.22. The number of hydrogen-bond donors (Lipinski definition) is 0. The largest absolute Gasteiger partial charge is 1.00 e. The van der Waals surface area contributed by atoms with E-state index in [4.69, 9.17) is 7.58 Å². The summed E-state index contributed by atoms with van der Waals surface area (Å²) in [6.07, 6.45) is 4.72. The summed E-state index contributed by atoms with van der Waals surface area (Å²) in [5.41, 5.74) is 0. The molecule has 0 aromatic rings. The fourth-order valence-electron chi connectivity index (χ4n) is 0.600. The van der Waals surface area contributed by atoms with Crippen LogP contribution < -0.4 is 17.0 Å². The molecule has 0 rings (SSSR count). The van der Waals surface area contributed by atoms with E-state index in [9.17, 15) is 0 Å². The summed E-state index contributed by atoms with van der Waals surface area (Å²) in [4.78, 5) is 0. The van der Waals surface area contributed by atoms with E-state index in [1.165, 1.54) is 12.8 Å². The molecule has 0 N–H and O–H groups in total. The van der Waals surface area contributed by atoms with E-state index in [1.807, 2.05) is 0 Å². The Bertz CT molecular complexity index is 66.1. The second-order valence-corrected chi connectivity index (χ2v) is 3.40. The molecule has 2 nitrogen and oxygen atoms in total. The van der Waals surface area contributed by atoms with E-state index in [1.54, 1.807) is 0 Å². The molecule has 12 heavy (non-hydrogen) atoms. The molecule has 0 radical (unpaired) electrons. The predicted molar refractivity (Wildman–Crippen MR) is 47.5 cm³/mol. The van der Waals surface area contributed by atoms with Crippen LogP contribution >= 0.6 is 0 Å². The maximum Gasteiger partial charge on any atom is -1.00 e. The third kappa shape index (κ3) is 13.5. The summed E-state index contributed by atoms with van der Waals surface area (Å²) in [6.45, 7) is 6.07. The molecule has 0 spiro atoms. The third-order valence-corrected chi connectivity index (χ3v) is 2.11. The van der Waals surface area contributed by atoms with Gasteiger partial charge in [0.05, 0.1) is 0 Å². The molecule has 0 saturated carbocycles. The van der Waals surface area contributed by atoms with Crippen molar-refractivity contribution < 1.29 is 24.6 Å². The normalized spacial score (nSPS) is 8.83. The quantitative estimate of drug-likeness (QED) is 0.415. The molecule has 0 aromatic heterocycles. The van der Waals surface area contributed by atoms with Gasteiger partial charge < -0.3 is 17.0 Å². The van der Waals surface area contributed by atoms with E-state index >= 15 is 0 Å². The Morgan fingerprint density at radius 3 is 1.67 bits per heavy atom. The van der Waals surface area contributed by atoms with Crippen LogP contribution in [0.15, 0.2) is 0 Å². The van der Waals surface area contributed by atoms with Crippen molar-refractivity contribution in [1.82, 2.24) is 0 Å². The summed E-state index contributed by atoms with van der Waals surface area (Å²) in [6, 6.07) is 0. The average molecular weight is 253 g/mol. The predicted octanol–water partition coefficient (Wildman–Crippen LogP) is -0.842. The molecule has 0 fully saturated rings. The van der Waals surface area contributed by atoms with Gasteiger partial charge in [0.2, 0.25) is 0 Å². The number of unbranched alkanes of at least 4 members (excludes halogenated alkanes) is 2. The zero-order valence-electron chi connectivity index (χ0n) is 8.01. The molecule has 0 bridgehead atoms. The van der Waals surface area contributed by atoms with Crippen molar-refractivity contribution in [2.24, 2.45) is 0 Å². The van der Waals surface area contributed by atoms with Gasteiger partial charge >= 0.3 is 76.2 Å². The van der Waals surface area contributed by atoms with Gasteiger partial charge in [0.25, 0.3) is 0 Å². The third-order valence-electron chi connectivity index (χ3n) is 1.37. The summed E-state index contributed by atoms with van der Waals surface area (Å²) >= 11 is -0.189. The van der Waals surface area contributed by atoms with Crippen LogP contribution in [0.25, 0.3) is 0 Å². The van der Waals surface area contributed by atoms with Gasteiger partial charge in [0.15, 0.2) is 0 Å². The molecule has 0 heterocycles. The first kappa shape index (κ1) is 15.4. The van der Waals surface area contributed by atoms with Gasteiger partial charge in [-0.15, -0.1) is 0 Å². The Kier molecular flexibility index (Phi) is 18.6. The van der Waals surface area contributed by atoms with Gasteiger partial charge in [0, 0.05) is 0 Å². The number of halogens is 1. The second-order valence-electron chi connectivity index (χ2n) is 2.54. The summed E-state index contributed by atoms with van der Waals surface area (Å²) in [5, 5.41) is 0. The fraction of sp³-hybridized carbons (Fsp3) is 1.00. The molecular formula is C8H18AlBrO2. The zero-order valence-corrected chi connectivity index (χ0v) is 10.8. The van der Waals surface area contributed by atoms with Crippen molar-refractivity contribution in [3.05, 3.63) is 0 Å². The van der Waals surface area contributed by atoms with E-state index in [0.29, 0.717) is 0 Å². The Hall–Kier alpha value is 0.932. The van der Waals surface area contributed by atoms with Crippen LogP contribution in [0, 0.1) is 0 Å². The smallest absolute Gasteiger partial charge is 1.00 e. The van der Waals surface area contributed by atoms with E-state index in [0.717, 1.165) is 26.1 Å². The van der Waals surface area contributed by atoms with E-state index in [-0.39, 0.29) is 32.9 Å². The van der Waals surface area contributed by atoms with Crippen molar-refractivity contribution in [3.63, 3.8) is 0 Å². The first-order valence-corrected chi connectivity index (χ1v) is 5.41. The minimum atomic E-state index is -0.189. The topological polar surface area (TPSA) is 18.5 Å². The molecule has 0 unspecified atom stereocenters. The standard InChI is InChI=1S/2C4H9O.Al.BrH/c2*1-2-3-4-5;;/h2*2-4H2,1H3;;1H/q2*-1;+3;/p-1. The van der Waals surface area contributed by atoms with Crippen LogP contribution in [0.2, 0.25) is 0 Å². The maximum atomic E-state index is 5.28. The second kappa shape index (κ2) is 14.5. The van der Waals surface area contributed by atoms with Crippen molar-refractivity contribution >= 4 is 15.9 Å². The Labute approximate surface area is 93.2 Å². The van der Waals surface area contributed by atoms with Gasteiger partial charge in [0.1, 0.15) is 0 Å². The Balaban J connectivity index is 0. The minimum absolute atomic E-state index is 0. The Morgan fingerprint density at radius 1 is 0.917 bits per heavy atom. The summed E-state index contributed by atoms with van der Waals surface area (Å²) in [7, 11) is 0. The van der Waals surface area contributed by atoms with Gasteiger partial charge in [-0.05, 0) is 0 Å². The summed E-state index contributed by atoms with van der Waals surface area (Å²) in [5.74, 6) is 0. The molecule has 0 aliphatic heterocycles. The van der Waals surface area contributed by atoms with Gasteiger partial charge in [-0.3, -0.25) is 0 Å². The van der Waals surface area contributed by atoms with Crippen LogP contribution in [0.4, 0.5) is 0 Å². The molecule has 4 heteroatoms. The van der Waals surface area contributed by atoms with E-state index < -0.39 is 0 Å². The Morgan fingerprint density at radius 2 is 1.33 bits per heavy atom. The SMILES string of the molecule is CCCC[O][Al+][O]CCCC.[Br-]. The first-order chi connectivity index (χ1) is 5.41.